The number of nitrogens with zero attached hydrogens (tertiary/aromatic N) is 1. The number of H-pyrrole nitrogens is 1. The first-order chi connectivity index (χ1) is 22.2. The van der Waals surface area contributed by atoms with E-state index in [0.717, 1.165) is 45.5 Å². The average molecular weight is 640 g/mol. The van der Waals surface area contributed by atoms with Gasteiger partial charge in [0.05, 0.1) is 23.2 Å². The smallest absolute Gasteiger partial charge is 0.329 e. The van der Waals surface area contributed by atoms with Crippen molar-refractivity contribution in [3.05, 3.63) is 118 Å². The van der Waals surface area contributed by atoms with Gasteiger partial charge >= 0.3 is 5.97 Å². The number of hydrogen-bond donors (Lipinski definition) is 2. The van der Waals surface area contributed by atoms with Crippen LogP contribution in [0, 0.1) is 10.1 Å². The molecule has 0 saturated carbocycles. The van der Waals surface area contributed by atoms with Crippen LogP contribution in [-0.2, 0) is 20.6 Å². The van der Waals surface area contributed by atoms with Crippen molar-refractivity contribution < 1.29 is 23.6 Å². The second kappa shape index (κ2) is 14.3. The molecule has 0 amide bonds. The first-order valence-corrected chi connectivity index (χ1v) is 18.3. The number of nitrogens with one attached hydrogen (secondary N) is 1. The number of carbonyl (C=O) groups excluding carboxylic acids is 1. The van der Waals surface area contributed by atoms with E-state index < -0.39 is 30.9 Å². The fourth-order valence-corrected chi connectivity index (χ4v) is 8.83. The van der Waals surface area contributed by atoms with Crippen LogP contribution in [0.4, 0.5) is 5.69 Å². The molecule has 0 bridgehead atoms. The number of nitro groups is 1. The van der Waals surface area contributed by atoms with E-state index in [1.54, 1.807) is 12.1 Å². The molecule has 2 atom stereocenters. The SMILES string of the molecule is CC[Si](CC)(CC)OC(c1cccc([N+](=O)[O-])c1)C(N)(CCOc1ccc2c(c1)[nH]c1ccccc12)C(=O)OCc1ccccc1. The molecule has 0 spiro atoms. The van der Waals surface area contributed by atoms with Gasteiger partial charge in [-0.3, -0.25) is 10.1 Å². The van der Waals surface area contributed by atoms with Crippen molar-refractivity contribution in [3.8, 4) is 5.75 Å². The van der Waals surface area contributed by atoms with Gasteiger partial charge in [-0.15, -0.1) is 0 Å². The molecule has 5 rings (SSSR count). The van der Waals surface area contributed by atoms with E-state index in [1.165, 1.54) is 12.1 Å². The third-order valence-electron chi connectivity index (χ3n) is 9.01. The predicted octanol–water partition coefficient (Wildman–Crippen LogP) is 8.20. The summed E-state index contributed by atoms with van der Waals surface area (Å²) in [5.74, 6) is -0.0417. The fraction of sp³-hybridized carbons (Fsp3) is 0.306. The number of non-ortho nitro benzene ring substituents is 1. The number of carbonyl (C=O) groups is 1. The van der Waals surface area contributed by atoms with Crippen molar-refractivity contribution >= 4 is 41.8 Å². The molecule has 0 aliphatic carbocycles. The van der Waals surface area contributed by atoms with Crippen LogP contribution >= 0.6 is 0 Å². The van der Waals surface area contributed by atoms with E-state index in [4.69, 9.17) is 19.6 Å². The Kier molecular flexibility index (Phi) is 10.2. The van der Waals surface area contributed by atoms with Crippen molar-refractivity contribution in [3.63, 3.8) is 0 Å². The largest absolute Gasteiger partial charge is 0.493 e. The number of para-hydroxylation sites is 1. The molecule has 1 heterocycles. The van der Waals surface area contributed by atoms with Crippen LogP contribution in [0.5, 0.6) is 5.75 Å². The Morgan fingerprint density at radius 2 is 1.59 bits per heavy atom. The first-order valence-electron chi connectivity index (χ1n) is 15.8. The highest BCUT2D eigenvalue weighted by molar-refractivity contribution is 6.73. The van der Waals surface area contributed by atoms with E-state index in [9.17, 15) is 14.9 Å². The lowest BCUT2D eigenvalue weighted by Gasteiger charge is -2.41. The molecular formula is C36H41N3O6Si. The highest BCUT2D eigenvalue weighted by atomic mass is 28.4. The Morgan fingerprint density at radius 1 is 0.891 bits per heavy atom. The topological polar surface area (TPSA) is 130 Å². The molecule has 0 radical (unpaired) electrons. The molecule has 2 unspecified atom stereocenters. The van der Waals surface area contributed by atoms with Crippen LogP contribution in [0.25, 0.3) is 21.8 Å². The summed E-state index contributed by atoms with van der Waals surface area (Å²) in [5, 5.41) is 14.0. The Morgan fingerprint density at radius 3 is 2.30 bits per heavy atom. The van der Waals surface area contributed by atoms with Gasteiger partial charge in [0.1, 0.15) is 17.9 Å². The van der Waals surface area contributed by atoms with Gasteiger partial charge < -0.3 is 24.6 Å². The zero-order valence-corrected chi connectivity index (χ0v) is 27.5. The number of rotatable bonds is 15. The summed E-state index contributed by atoms with van der Waals surface area (Å²) in [6.45, 7) is 6.35. The highest BCUT2D eigenvalue weighted by Gasteiger charge is 2.49. The van der Waals surface area contributed by atoms with Gasteiger partial charge in [0, 0.05) is 40.9 Å². The first kappa shape index (κ1) is 32.9. The minimum atomic E-state index is -2.40. The van der Waals surface area contributed by atoms with E-state index in [0.29, 0.717) is 11.3 Å². The maximum atomic E-state index is 14.1. The monoisotopic (exact) mass is 639 g/mol. The molecule has 4 aromatic carbocycles. The van der Waals surface area contributed by atoms with Gasteiger partial charge in [-0.25, -0.2) is 4.79 Å². The molecule has 1 aromatic heterocycles. The number of ether oxygens (including phenoxy) is 2. The summed E-state index contributed by atoms with van der Waals surface area (Å²) in [4.78, 5) is 28.9. The molecule has 0 aliphatic rings. The zero-order chi connectivity index (χ0) is 32.7. The van der Waals surface area contributed by atoms with Crippen molar-refractivity contribution in [1.82, 2.24) is 4.98 Å². The number of nitro benzene ring substituents is 1. The van der Waals surface area contributed by atoms with Crippen LogP contribution in [-0.4, -0.2) is 36.3 Å². The summed E-state index contributed by atoms with van der Waals surface area (Å²) in [6, 6.07) is 31.9. The van der Waals surface area contributed by atoms with Crippen LogP contribution in [0.1, 0.15) is 44.4 Å². The van der Waals surface area contributed by atoms with E-state index in [1.807, 2.05) is 66.7 Å². The molecule has 3 N–H and O–H groups in total. The van der Waals surface area contributed by atoms with Crippen LogP contribution in [0.3, 0.4) is 0 Å². The lowest BCUT2D eigenvalue weighted by Crippen LogP contribution is -2.58. The third kappa shape index (κ3) is 6.99. The number of aromatic nitrogens is 1. The van der Waals surface area contributed by atoms with Crippen LogP contribution in [0.15, 0.2) is 97.1 Å². The van der Waals surface area contributed by atoms with Gasteiger partial charge in [-0.1, -0.05) is 81.4 Å². The molecule has 0 saturated heterocycles. The fourth-order valence-electron chi connectivity index (χ4n) is 5.98. The van der Waals surface area contributed by atoms with Gasteiger partial charge in [0.15, 0.2) is 8.32 Å². The minimum Gasteiger partial charge on any atom is -0.493 e. The summed E-state index contributed by atoms with van der Waals surface area (Å²) < 4.78 is 19.0. The Hall–Kier alpha value is -4.51. The lowest BCUT2D eigenvalue weighted by atomic mass is 9.85. The zero-order valence-electron chi connectivity index (χ0n) is 26.5. The molecule has 240 valence electrons. The molecule has 10 heteroatoms. The molecule has 46 heavy (non-hydrogen) atoms. The van der Waals surface area contributed by atoms with Crippen molar-refractivity contribution in [2.75, 3.05) is 6.61 Å². The number of benzene rings is 4. The molecule has 9 nitrogen and oxygen atoms in total. The van der Waals surface area contributed by atoms with E-state index in [-0.39, 0.29) is 25.3 Å². The normalized spacial score (nSPS) is 13.7. The number of fused-ring (bicyclic) bond motifs is 3. The van der Waals surface area contributed by atoms with Crippen LogP contribution in [0.2, 0.25) is 18.1 Å². The summed E-state index contributed by atoms with van der Waals surface area (Å²) in [7, 11) is -2.40. The summed E-state index contributed by atoms with van der Waals surface area (Å²) in [5.41, 5.74) is 8.57. The standard InChI is InChI=1S/C36H41N3O6Si/c1-4-46(5-2,6-3)45-34(27-15-12-16-28(23-27)39(41)42)36(37,35(40)44-25-26-13-8-7-9-14-26)21-22-43-29-19-20-31-30-17-10-11-18-32(30)38-33(31)24-29/h7-20,23-24,34,38H,4-6,21-22,25,37H2,1-3H3. The van der Waals surface area contributed by atoms with Gasteiger partial charge in [-0.2, -0.15) is 0 Å². The molecular weight excluding hydrogens is 598 g/mol. The second-order valence-corrected chi connectivity index (χ2v) is 16.4. The molecule has 5 aromatic rings. The molecule has 0 fully saturated rings. The van der Waals surface area contributed by atoms with Gasteiger partial charge in [0.25, 0.3) is 5.69 Å². The predicted molar refractivity (Wildman–Crippen MR) is 183 cm³/mol. The number of esters is 1. The number of aromatic amines is 1. The lowest BCUT2D eigenvalue weighted by molar-refractivity contribution is -0.385. The maximum Gasteiger partial charge on any atom is 0.329 e. The maximum absolute atomic E-state index is 14.1. The van der Waals surface area contributed by atoms with Gasteiger partial charge in [-0.05, 0) is 47.5 Å². The average Bonchev–Trinajstić information content (AvgIpc) is 3.46. The summed E-state index contributed by atoms with van der Waals surface area (Å²) in [6.07, 6.45) is -0.956. The number of hydrogen-bond acceptors (Lipinski definition) is 7. The quantitative estimate of drug-likeness (QED) is 0.0511. The Bertz CT molecular complexity index is 1800. The summed E-state index contributed by atoms with van der Waals surface area (Å²) >= 11 is 0. The Labute approximate surface area is 269 Å². The Balaban J connectivity index is 1.49. The number of nitrogens with two attached hydrogens (primary N) is 1. The van der Waals surface area contributed by atoms with Gasteiger partial charge in [0.2, 0.25) is 0 Å². The minimum absolute atomic E-state index is 0.0239. The van der Waals surface area contributed by atoms with Crippen molar-refractivity contribution in [2.45, 2.75) is 63.6 Å². The van der Waals surface area contributed by atoms with E-state index in [2.05, 4.69) is 31.8 Å². The molecule has 0 aliphatic heterocycles. The van der Waals surface area contributed by atoms with Crippen LogP contribution < -0.4 is 10.5 Å². The second-order valence-electron chi connectivity index (χ2n) is 11.7. The highest BCUT2D eigenvalue weighted by Crippen LogP contribution is 2.39. The van der Waals surface area contributed by atoms with E-state index >= 15 is 0 Å². The van der Waals surface area contributed by atoms with Crippen molar-refractivity contribution in [1.29, 1.82) is 0 Å². The van der Waals surface area contributed by atoms with Crippen molar-refractivity contribution in [2.24, 2.45) is 5.73 Å². The third-order valence-corrected chi connectivity index (χ3v) is 13.6.